The van der Waals surface area contributed by atoms with Gasteiger partial charge in [-0.3, -0.25) is 20.2 Å². The molecule has 0 amide bonds. The molecule has 0 fully saturated rings. The minimum absolute atomic E-state index is 0.144. The van der Waals surface area contributed by atoms with Crippen molar-refractivity contribution < 1.29 is 9.85 Å². The number of hydrogen-bond donors (Lipinski definition) is 0. The molecule has 6 nitrogen and oxygen atoms in total. The van der Waals surface area contributed by atoms with Crippen molar-refractivity contribution in [3.05, 3.63) is 176 Å². The normalized spacial score (nSPS) is 9.81. The predicted molar refractivity (Wildman–Crippen MR) is 173 cm³/mol. The van der Waals surface area contributed by atoms with Crippen molar-refractivity contribution in [2.24, 2.45) is 0 Å². The zero-order valence-corrected chi connectivity index (χ0v) is 24.2. The Hall–Kier alpha value is -5.36. The first-order chi connectivity index (χ1) is 20.2. The van der Waals surface area contributed by atoms with Crippen molar-refractivity contribution in [1.82, 2.24) is 0 Å². The molecule has 6 heteroatoms. The fraction of sp³-hybridized carbons (Fsp3) is 0.111. The Morgan fingerprint density at radius 2 is 0.929 bits per heavy atom. The van der Waals surface area contributed by atoms with Crippen molar-refractivity contribution in [2.45, 2.75) is 27.7 Å². The van der Waals surface area contributed by atoms with Crippen LogP contribution in [0.2, 0.25) is 0 Å². The van der Waals surface area contributed by atoms with Gasteiger partial charge in [-0.25, -0.2) is 0 Å². The predicted octanol–water partition coefficient (Wildman–Crippen LogP) is 10.1. The average molecular weight is 559 g/mol. The molecule has 0 unspecified atom stereocenters. The summed E-state index contributed by atoms with van der Waals surface area (Å²) >= 11 is 0. The molecule has 0 aromatic heterocycles. The van der Waals surface area contributed by atoms with Crippen molar-refractivity contribution in [1.29, 1.82) is 0 Å². The summed E-state index contributed by atoms with van der Waals surface area (Å²) in [6.45, 7) is 8.07. The summed E-state index contributed by atoms with van der Waals surface area (Å²) in [4.78, 5) is 20.1. The molecular formula is C36H34N2O4. The van der Waals surface area contributed by atoms with Crippen LogP contribution in [0.3, 0.4) is 0 Å². The van der Waals surface area contributed by atoms with Crippen LogP contribution in [0, 0.1) is 47.9 Å². The van der Waals surface area contributed by atoms with E-state index in [1.165, 1.54) is 34.0 Å². The maximum absolute atomic E-state index is 10.7. The van der Waals surface area contributed by atoms with Gasteiger partial charge in [-0.05, 0) is 61.0 Å². The van der Waals surface area contributed by atoms with Gasteiger partial charge in [-0.15, -0.1) is 0 Å². The summed E-state index contributed by atoms with van der Waals surface area (Å²) in [5.74, 6) is 0. The largest absolute Gasteiger partial charge is 0.277 e. The van der Waals surface area contributed by atoms with Gasteiger partial charge in [0, 0.05) is 18.2 Å². The molecule has 0 aliphatic rings. The Bertz CT molecular complexity index is 1760. The van der Waals surface area contributed by atoms with E-state index in [0.717, 1.165) is 16.5 Å². The van der Waals surface area contributed by atoms with Gasteiger partial charge in [0.15, 0.2) is 0 Å². The molecule has 0 saturated heterocycles. The molecule has 6 aromatic rings. The fourth-order valence-electron chi connectivity index (χ4n) is 4.18. The molecule has 0 radical (unpaired) electrons. The van der Waals surface area contributed by atoms with Gasteiger partial charge in [-0.2, -0.15) is 0 Å². The van der Waals surface area contributed by atoms with Crippen LogP contribution < -0.4 is 0 Å². The van der Waals surface area contributed by atoms with Gasteiger partial charge in [-0.1, -0.05) is 120 Å². The first kappa shape index (κ1) is 31.2. The highest BCUT2D eigenvalue weighted by Gasteiger charge is 2.11. The summed E-state index contributed by atoms with van der Waals surface area (Å²) in [6.07, 6.45) is 0. The van der Waals surface area contributed by atoms with Crippen molar-refractivity contribution in [2.75, 3.05) is 0 Å². The van der Waals surface area contributed by atoms with E-state index in [1.807, 2.05) is 50.2 Å². The monoisotopic (exact) mass is 558 g/mol. The molecular weight excluding hydrogens is 524 g/mol. The van der Waals surface area contributed by atoms with Gasteiger partial charge in [0.05, 0.1) is 15.2 Å². The van der Waals surface area contributed by atoms with Crippen LogP contribution in [0.25, 0.3) is 21.5 Å². The second-order valence-electron chi connectivity index (χ2n) is 9.75. The zero-order chi connectivity index (χ0) is 30.5. The van der Waals surface area contributed by atoms with Crippen LogP contribution in [0.4, 0.5) is 11.4 Å². The van der Waals surface area contributed by atoms with Crippen LogP contribution in [-0.4, -0.2) is 9.85 Å². The molecule has 0 N–H and O–H groups in total. The van der Waals surface area contributed by atoms with Crippen molar-refractivity contribution in [3.63, 3.8) is 0 Å². The van der Waals surface area contributed by atoms with E-state index < -0.39 is 4.92 Å². The van der Waals surface area contributed by atoms with Crippen LogP contribution >= 0.6 is 0 Å². The van der Waals surface area contributed by atoms with Gasteiger partial charge >= 0.3 is 0 Å². The number of nitrogens with zero attached hydrogens (tertiary/aromatic N) is 2. The average Bonchev–Trinajstić information content (AvgIpc) is 2.99. The smallest absolute Gasteiger partial charge is 0.258 e. The van der Waals surface area contributed by atoms with Gasteiger partial charge in [0.1, 0.15) is 0 Å². The maximum atomic E-state index is 10.7. The van der Waals surface area contributed by atoms with Crippen LogP contribution in [-0.2, 0) is 0 Å². The molecule has 6 rings (SSSR count). The van der Waals surface area contributed by atoms with E-state index in [1.54, 1.807) is 30.3 Å². The third kappa shape index (κ3) is 9.10. The Morgan fingerprint density at radius 1 is 0.429 bits per heavy atom. The Kier molecular flexibility index (Phi) is 11.5. The van der Waals surface area contributed by atoms with E-state index >= 15 is 0 Å². The quantitative estimate of drug-likeness (QED) is 0.156. The van der Waals surface area contributed by atoms with Crippen molar-refractivity contribution >= 4 is 32.9 Å². The molecule has 0 aliphatic heterocycles. The fourth-order valence-corrected chi connectivity index (χ4v) is 4.18. The number of aryl methyl sites for hydroxylation is 4. The number of non-ortho nitro benzene ring substituents is 2. The minimum atomic E-state index is -0.403. The van der Waals surface area contributed by atoms with E-state index in [-0.39, 0.29) is 16.3 Å². The van der Waals surface area contributed by atoms with E-state index in [2.05, 4.69) is 68.4 Å². The Morgan fingerprint density at radius 3 is 1.48 bits per heavy atom. The van der Waals surface area contributed by atoms with Crippen molar-refractivity contribution in [3.8, 4) is 0 Å². The standard InChI is InChI=1S/C11H9NO2.C11H10.C7H7NO2.C7H8/c1-8-6-7-11(12(13)14)10-5-3-2-4-9(8)10;1-9-5-4-7-10-6-2-3-8-11(9)10;1-6-2-4-7(5-3-6)8(9)10;1-7-5-3-2-4-6-7/h2-7H,1H3;2-8H,1H3;2-5H,1H3;2-6H,1H3. The number of benzene rings is 6. The summed E-state index contributed by atoms with van der Waals surface area (Å²) in [6, 6.07) is 42.2. The highest BCUT2D eigenvalue weighted by atomic mass is 16.6. The summed E-state index contributed by atoms with van der Waals surface area (Å²) in [7, 11) is 0. The maximum Gasteiger partial charge on any atom is 0.277 e. The van der Waals surface area contributed by atoms with Gasteiger partial charge in [0.25, 0.3) is 11.4 Å². The topological polar surface area (TPSA) is 86.3 Å². The minimum Gasteiger partial charge on any atom is -0.258 e. The number of nitro benzene ring substituents is 2. The number of hydrogen-bond acceptors (Lipinski definition) is 4. The SMILES string of the molecule is Cc1ccc([N+](=O)[O-])c2ccccc12.Cc1ccc([N+](=O)[O-])cc1.Cc1cccc2ccccc12.Cc1ccccc1. The number of fused-ring (bicyclic) bond motifs is 2. The third-order valence-electron chi connectivity index (χ3n) is 6.51. The summed E-state index contributed by atoms with van der Waals surface area (Å²) in [5, 5.41) is 25.2. The van der Waals surface area contributed by atoms with E-state index in [9.17, 15) is 20.2 Å². The van der Waals surface area contributed by atoms with Crippen LogP contribution in [0.5, 0.6) is 0 Å². The van der Waals surface area contributed by atoms with E-state index in [0.29, 0.717) is 5.39 Å². The second-order valence-corrected chi connectivity index (χ2v) is 9.75. The summed E-state index contributed by atoms with van der Waals surface area (Å²) < 4.78 is 0. The highest BCUT2D eigenvalue weighted by Crippen LogP contribution is 2.27. The number of nitro groups is 2. The first-order valence-corrected chi connectivity index (χ1v) is 13.5. The second kappa shape index (κ2) is 15.4. The van der Waals surface area contributed by atoms with Gasteiger partial charge in [0.2, 0.25) is 0 Å². The molecule has 212 valence electrons. The molecule has 0 atom stereocenters. The lowest BCUT2D eigenvalue weighted by Crippen LogP contribution is -1.90. The Labute approximate surface area is 246 Å². The molecule has 0 spiro atoms. The molecule has 0 aliphatic carbocycles. The molecule has 42 heavy (non-hydrogen) atoms. The lowest BCUT2D eigenvalue weighted by molar-refractivity contribution is -0.384. The first-order valence-electron chi connectivity index (χ1n) is 13.5. The lowest BCUT2D eigenvalue weighted by atomic mass is 10.0. The van der Waals surface area contributed by atoms with E-state index in [4.69, 9.17) is 0 Å². The van der Waals surface area contributed by atoms with Crippen LogP contribution in [0.15, 0.2) is 133 Å². The van der Waals surface area contributed by atoms with Crippen LogP contribution in [0.1, 0.15) is 22.3 Å². The molecule has 0 bridgehead atoms. The zero-order valence-electron chi connectivity index (χ0n) is 24.2. The third-order valence-corrected chi connectivity index (χ3v) is 6.51. The molecule has 0 heterocycles. The highest BCUT2D eigenvalue weighted by molar-refractivity contribution is 5.93. The number of rotatable bonds is 2. The van der Waals surface area contributed by atoms with Gasteiger partial charge < -0.3 is 0 Å². The molecule has 0 saturated carbocycles. The summed E-state index contributed by atoms with van der Waals surface area (Å²) in [5.41, 5.74) is 5.08. The molecule has 6 aromatic carbocycles. The lowest BCUT2D eigenvalue weighted by Gasteiger charge is -2.01. The Balaban J connectivity index is 0.000000158.